The number of nitrogens with one attached hydrogen (secondary N) is 1. The van der Waals surface area contributed by atoms with Gasteiger partial charge in [-0.3, -0.25) is 0 Å². The first-order valence-electron chi connectivity index (χ1n) is 9.73. The fourth-order valence-electron chi connectivity index (χ4n) is 3.29. The summed E-state index contributed by atoms with van der Waals surface area (Å²) in [4.78, 5) is 14.3. The molecule has 0 aromatic heterocycles. The van der Waals surface area contributed by atoms with E-state index < -0.39 is 12.0 Å². The molecule has 0 saturated carbocycles. The molecule has 0 spiro atoms. The van der Waals surface area contributed by atoms with Crippen molar-refractivity contribution in [3.63, 3.8) is 0 Å². The van der Waals surface area contributed by atoms with Crippen LogP contribution in [0.4, 0.5) is 0 Å². The van der Waals surface area contributed by atoms with Gasteiger partial charge in [-0.15, -0.1) is 0 Å². The first kappa shape index (κ1) is 21.6. The minimum atomic E-state index is -0.441. The maximum atomic E-state index is 12.5. The number of nitrogens with zero attached hydrogens (tertiary/aromatic N) is 1. The van der Waals surface area contributed by atoms with E-state index in [4.69, 9.17) is 26.4 Å². The summed E-state index contributed by atoms with van der Waals surface area (Å²) in [7, 11) is 3.19. The Morgan fingerprint density at radius 2 is 1.87 bits per heavy atom. The summed E-state index contributed by atoms with van der Waals surface area (Å²) in [6.07, 6.45) is 0. The molecule has 3 rings (SSSR count). The second kappa shape index (κ2) is 9.63. The molecule has 0 bridgehead atoms. The molecule has 0 aliphatic carbocycles. The van der Waals surface area contributed by atoms with Gasteiger partial charge in [0.15, 0.2) is 16.6 Å². The maximum absolute atomic E-state index is 12.5. The number of esters is 1. The van der Waals surface area contributed by atoms with Crippen LogP contribution in [0.25, 0.3) is 0 Å². The molecule has 0 unspecified atom stereocenters. The highest BCUT2D eigenvalue weighted by atomic mass is 32.1. The van der Waals surface area contributed by atoms with Crippen LogP contribution < -0.4 is 14.8 Å². The standard InChI is InChI=1S/C23H26N2O4S/c1-5-28-19-13-17(11-12-18(19)29-14-16-9-7-6-8-10-16)21-20(22(26)27-4)15(2)25(3)23(30)24-21/h6-13,21H,5,14H2,1-4H3,(H,24,30)/t21-/m1/s1. The van der Waals surface area contributed by atoms with Crippen molar-refractivity contribution in [2.45, 2.75) is 26.5 Å². The summed E-state index contributed by atoms with van der Waals surface area (Å²) >= 11 is 5.44. The van der Waals surface area contributed by atoms with Crippen LogP contribution in [0.2, 0.25) is 0 Å². The number of ether oxygens (including phenoxy) is 3. The van der Waals surface area contributed by atoms with Gasteiger partial charge < -0.3 is 24.4 Å². The lowest BCUT2D eigenvalue weighted by Gasteiger charge is -2.35. The Hall–Kier alpha value is -3.06. The summed E-state index contributed by atoms with van der Waals surface area (Å²) in [6.45, 7) is 4.69. The SMILES string of the molecule is CCOc1cc([C@H]2NC(=S)N(C)C(C)=C2C(=O)OC)ccc1OCc1ccccc1. The van der Waals surface area contributed by atoms with E-state index in [0.29, 0.717) is 35.4 Å². The number of rotatable bonds is 7. The van der Waals surface area contributed by atoms with E-state index in [0.717, 1.165) is 16.8 Å². The zero-order valence-corrected chi connectivity index (χ0v) is 18.4. The summed E-state index contributed by atoms with van der Waals surface area (Å²) in [6, 6.07) is 15.1. The number of thiocarbonyl (C=S) groups is 1. The molecule has 2 aromatic carbocycles. The van der Waals surface area contributed by atoms with E-state index in [2.05, 4.69) is 5.32 Å². The van der Waals surface area contributed by atoms with Crippen molar-refractivity contribution in [3.05, 3.63) is 70.9 Å². The van der Waals surface area contributed by atoms with Crippen LogP contribution in [0.5, 0.6) is 11.5 Å². The van der Waals surface area contributed by atoms with Crippen molar-refractivity contribution in [2.24, 2.45) is 0 Å². The van der Waals surface area contributed by atoms with Crippen molar-refractivity contribution in [3.8, 4) is 11.5 Å². The van der Waals surface area contributed by atoms with Crippen molar-refractivity contribution in [1.82, 2.24) is 10.2 Å². The topological polar surface area (TPSA) is 60.0 Å². The van der Waals surface area contributed by atoms with Crippen LogP contribution in [0.1, 0.15) is 31.0 Å². The Bertz CT molecular complexity index is 959. The molecular weight excluding hydrogens is 400 g/mol. The van der Waals surface area contributed by atoms with Gasteiger partial charge in [0, 0.05) is 12.7 Å². The van der Waals surface area contributed by atoms with Crippen LogP contribution in [0.3, 0.4) is 0 Å². The highest BCUT2D eigenvalue weighted by Crippen LogP contribution is 2.36. The Morgan fingerprint density at radius 1 is 1.13 bits per heavy atom. The van der Waals surface area contributed by atoms with Gasteiger partial charge in [-0.25, -0.2) is 4.79 Å². The van der Waals surface area contributed by atoms with Gasteiger partial charge >= 0.3 is 5.97 Å². The van der Waals surface area contributed by atoms with E-state index in [1.807, 2.05) is 69.4 Å². The number of hydrogen-bond donors (Lipinski definition) is 1. The zero-order valence-electron chi connectivity index (χ0n) is 17.6. The number of carbonyl (C=O) groups excluding carboxylic acids is 1. The number of benzene rings is 2. The molecule has 1 N–H and O–H groups in total. The first-order chi connectivity index (χ1) is 14.5. The van der Waals surface area contributed by atoms with Crippen LogP contribution in [-0.2, 0) is 16.1 Å². The van der Waals surface area contributed by atoms with Crippen LogP contribution >= 0.6 is 12.2 Å². The molecule has 1 aliphatic heterocycles. The third kappa shape index (κ3) is 4.57. The molecule has 1 heterocycles. The molecule has 6 nitrogen and oxygen atoms in total. The second-order valence-electron chi connectivity index (χ2n) is 6.85. The van der Waals surface area contributed by atoms with E-state index >= 15 is 0 Å². The van der Waals surface area contributed by atoms with E-state index in [1.54, 1.807) is 4.90 Å². The summed E-state index contributed by atoms with van der Waals surface area (Å²) in [5, 5.41) is 3.76. The quantitative estimate of drug-likeness (QED) is 0.531. The van der Waals surface area contributed by atoms with E-state index in [9.17, 15) is 4.79 Å². The monoisotopic (exact) mass is 426 g/mol. The van der Waals surface area contributed by atoms with Gasteiger partial charge in [-0.1, -0.05) is 36.4 Å². The molecule has 7 heteroatoms. The molecule has 1 atom stereocenters. The lowest BCUT2D eigenvalue weighted by atomic mass is 9.95. The molecule has 1 aliphatic rings. The number of hydrogen-bond acceptors (Lipinski definition) is 5. The highest BCUT2D eigenvalue weighted by molar-refractivity contribution is 7.80. The molecule has 0 saturated heterocycles. The molecule has 2 aromatic rings. The Labute approximate surface area is 182 Å². The maximum Gasteiger partial charge on any atom is 0.337 e. The highest BCUT2D eigenvalue weighted by Gasteiger charge is 2.33. The molecule has 30 heavy (non-hydrogen) atoms. The van der Waals surface area contributed by atoms with E-state index in [-0.39, 0.29) is 0 Å². The molecule has 0 radical (unpaired) electrons. The normalized spacial score (nSPS) is 16.2. The van der Waals surface area contributed by atoms with Crippen LogP contribution in [-0.4, -0.2) is 36.7 Å². The Balaban J connectivity index is 1.94. The fourth-order valence-corrected chi connectivity index (χ4v) is 3.54. The summed E-state index contributed by atoms with van der Waals surface area (Å²) in [5.74, 6) is 0.849. The molecular formula is C23H26N2O4S. The van der Waals surface area contributed by atoms with Crippen molar-refractivity contribution in [2.75, 3.05) is 20.8 Å². The summed E-state index contributed by atoms with van der Waals surface area (Å²) in [5.41, 5.74) is 3.16. The van der Waals surface area contributed by atoms with Gasteiger partial charge in [-0.05, 0) is 49.3 Å². The number of allylic oxidation sites excluding steroid dienone is 1. The minimum Gasteiger partial charge on any atom is -0.490 e. The Morgan fingerprint density at radius 3 is 2.53 bits per heavy atom. The second-order valence-corrected chi connectivity index (χ2v) is 7.23. The average molecular weight is 427 g/mol. The minimum absolute atomic E-state index is 0.401. The van der Waals surface area contributed by atoms with Crippen molar-refractivity contribution < 1.29 is 19.0 Å². The molecule has 0 fully saturated rings. The lowest BCUT2D eigenvalue weighted by molar-refractivity contribution is -0.136. The lowest BCUT2D eigenvalue weighted by Crippen LogP contribution is -2.46. The largest absolute Gasteiger partial charge is 0.490 e. The fraction of sp³-hybridized carbons (Fsp3) is 0.304. The van der Waals surface area contributed by atoms with Crippen LogP contribution in [0, 0.1) is 0 Å². The van der Waals surface area contributed by atoms with Gasteiger partial charge in [0.05, 0.1) is 25.3 Å². The predicted molar refractivity (Wildman–Crippen MR) is 119 cm³/mol. The first-order valence-corrected chi connectivity index (χ1v) is 10.1. The molecule has 158 valence electrons. The number of carbonyl (C=O) groups is 1. The zero-order chi connectivity index (χ0) is 21.7. The van der Waals surface area contributed by atoms with Crippen molar-refractivity contribution >= 4 is 23.3 Å². The summed E-state index contributed by atoms with van der Waals surface area (Å²) < 4.78 is 16.8. The van der Waals surface area contributed by atoms with Gasteiger partial charge in [-0.2, -0.15) is 0 Å². The predicted octanol–water partition coefficient (Wildman–Crippen LogP) is 3.97. The van der Waals surface area contributed by atoms with Gasteiger partial charge in [0.25, 0.3) is 0 Å². The van der Waals surface area contributed by atoms with Gasteiger partial charge in [0.1, 0.15) is 6.61 Å². The average Bonchev–Trinajstić information content (AvgIpc) is 2.76. The smallest absolute Gasteiger partial charge is 0.337 e. The third-order valence-corrected chi connectivity index (χ3v) is 5.39. The van der Waals surface area contributed by atoms with Crippen molar-refractivity contribution in [1.29, 1.82) is 0 Å². The molecule has 0 amide bonds. The Kier molecular flexibility index (Phi) is 6.95. The van der Waals surface area contributed by atoms with Crippen LogP contribution in [0.15, 0.2) is 59.8 Å². The van der Waals surface area contributed by atoms with E-state index in [1.165, 1.54) is 7.11 Å². The third-order valence-electron chi connectivity index (χ3n) is 5.00. The number of methoxy groups -OCH3 is 1. The van der Waals surface area contributed by atoms with Gasteiger partial charge in [0.2, 0.25) is 0 Å².